The molecule has 6 heteroatoms. The smallest absolute Gasteiger partial charge is 0.234 e. The molecule has 1 N–H and O–H groups in total. The van der Waals surface area contributed by atoms with Crippen molar-refractivity contribution in [2.45, 2.75) is 33.2 Å². The second-order valence-corrected chi connectivity index (χ2v) is 8.83. The fraction of sp³-hybridized carbons (Fsp3) is 0.588. The standard InChI is InChI=1S/C17H26N2O3S/c1-13-4-5-16(14(2)10-13)11-15(3)18-17(20)12-19-6-8-23(21,22)9-7-19/h4-5,10,15H,6-9,11-12H2,1-3H3,(H,18,20)/t15-/m1/s1. The van der Waals surface area contributed by atoms with Gasteiger partial charge in [-0.2, -0.15) is 0 Å². The Labute approximate surface area is 139 Å². The van der Waals surface area contributed by atoms with Gasteiger partial charge in [-0.05, 0) is 38.3 Å². The molecule has 23 heavy (non-hydrogen) atoms. The number of benzene rings is 1. The first-order valence-corrected chi connectivity index (χ1v) is 9.85. The second kappa shape index (κ2) is 7.45. The molecule has 1 aromatic rings. The highest BCUT2D eigenvalue weighted by molar-refractivity contribution is 7.91. The molecule has 1 amide bonds. The molecule has 0 aliphatic carbocycles. The van der Waals surface area contributed by atoms with Gasteiger partial charge in [-0.15, -0.1) is 0 Å². The maximum atomic E-state index is 12.1. The summed E-state index contributed by atoms with van der Waals surface area (Å²) in [4.78, 5) is 14.0. The van der Waals surface area contributed by atoms with Crippen LogP contribution < -0.4 is 5.32 Å². The number of nitrogens with zero attached hydrogens (tertiary/aromatic N) is 1. The fourth-order valence-electron chi connectivity index (χ4n) is 2.89. The van der Waals surface area contributed by atoms with E-state index in [9.17, 15) is 13.2 Å². The molecule has 0 spiro atoms. The maximum Gasteiger partial charge on any atom is 0.234 e. The summed E-state index contributed by atoms with van der Waals surface area (Å²) < 4.78 is 22.8. The van der Waals surface area contributed by atoms with Gasteiger partial charge in [-0.1, -0.05) is 23.8 Å². The number of amides is 1. The first-order valence-electron chi connectivity index (χ1n) is 8.03. The molecular weight excluding hydrogens is 312 g/mol. The molecule has 1 saturated heterocycles. The van der Waals surface area contributed by atoms with E-state index < -0.39 is 9.84 Å². The zero-order valence-electron chi connectivity index (χ0n) is 14.1. The molecule has 1 aliphatic heterocycles. The van der Waals surface area contributed by atoms with Crippen molar-refractivity contribution in [1.29, 1.82) is 0 Å². The first kappa shape index (κ1) is 17.9. The Balaban J connectivity index is 1.81. The third-order valence-corrected chi connectivity index (χ3v) is 5.85. The van der Waals surface area contributed by atoms with Crippen LogP contribution in [0.1, 0.15) is 23.6 Å². The Morgan fingerprint density at radius 1 is 1.26 bits per heavy atom. The second-order valence-electron chi connectivity index (χ2n) is 6.53. The minimum atomic E-state index is -2.90. The summed E-state index contributed by atoms with van der Waals surface area (Å²) in [6.07, 6.45) is 0.798. The van der Waals surface area contributed by atoms with E-state index in [0.717, 1.165) is 6.42 Å². The normalized spacial score (nSPS) is 19.3. The molecule has 2 rings (SSSR count). The number of carbonyl (C=O) groups excluding carboxylic acids is 1. The van der Waals surface area contributed by atoms with Crippen molar-refractivity contribution in [3.05, 3.63) is 34.9 Å². The van der Waals surface area contributed by atoms with E-state index >= 15 is 0 Å². The monoisotopic (exact) mass is 338 g/mol. The number of nitrogens with one attached hydrogen (secondary N) is 1. The van der Waals surface area contributed by atoms with Crippen LogP contribution in [0.5, 0.6) is 0 Å². The van der Waals surface area contributed by atoms with E-state index in [0.29, 0.717) is 13.1 Å². The summed E-state index contributed by atoms with van der Waals surface area (Å²) >= 11 is 0. The van der Waals surface area contributed by atoms with E-state index in [1.54, 1.807) is 0 Å². The van der Waals surface area contributed by atoms with E-state index in [-0.39, 0.29) is 30.0 Å². The molecule has 128 valence electrons. The van der Waals surface area contributed by atoms with Gasteiger partial charge in [0, 0.05) is 19.1 Å². The van der Waals surface area contributed by atoms with E-state index in [1.165, 1.54) is 16.7 Å². The van der Waals surface area contributed by atoms with Gasteiger partial charge in [0.25, 0.3) is 0 Å². The number of hydrogen-bond acceptors (Lipinski definition) is 4. The molecule has 0 bridgehead atoms. The van der Waals surface area contributed by atoms with Crippen LogP contribution in [0.4, 0.5) is 0 Å². The number of sulfone groups is 1. The molecule has 0 radical (unpaired) electrons. The number of carbonyl (C=O) groups is 1. The number of rotatable bonds is 5. The minimum absolute atomic E-state index is 0.0402. The third-order valence-electron chi connectivity index (χ3n) is 4.24. The highest BCUT2D eigenvalue weighted by atomic mass is 32.2. The minimum Gasteiger partial charge on any atom is -0.352 e. The molecule has 0 aromatic heterocycles. The molecule has 1 aliphatic rings. The number of hydrogen-bond donors (Lipinski definition) is 1. The van der Waals surface area contributed by atoms with Crippen molar-refractivity contribution in [3.63, 3.8) is 0 Å². The Kier molecular flexibility index (Phi) is 5.81. The average molecular weight is 338 g/mol. The lowest BCUT2D eigenvalue weighted by Crippen LogP contribution is -2.47. The first-order chi connectivity index (χ1) is 10.7. The summed E-state index contributed by atoms with van der Waals surface area (Å²) in [7, 11) is -2.90. The highest BCUT2D eigenvalue weighted by Gasteiger charge is 2.23. The molecule has 0 saturated carbocycles. The van der Waals surface area contributed by atoms with Gasteiger partial charge in [0.15, 0.2) is 9.84 Å². The van der Waals surface area contributed by atoms with Gasteiger partial charge in [-0.3, -0.25) is 9.69 Å². The summed E-state index contributed by atoms with van der Waals surface area (Å²) in [6.45, 7) is 7.32. The lowest BCUT2D eigenvalue weighted by Gasteiger charge is -2.26. The highest BCUT2D eigenvalue weighted by Crippen LogP contribution is 2.12. The van der Waals surface area contributed by atoms with Crippen LogP contribution in [0.15, 0.2) is 18.2 Å². The Hall–Kier alpha value is -1.40. The quantitative estimate of drug-likeness (QED) is 0.872. The summed E-state index contributed by atoms with van der Waals surface area (Å²) in [6, 6.07) is 6.41. The zero-order chi connectivity index (χ0) is 17.0. The van der Waals surface area contributed by atoms with Crippen molar-refractivity contribution in [2.75, 3.05) is 31.1 Å². The van der Waals surface area contributed by atoms with Crippen molar-refractivity contribution >= 4 is 15.7 Å². The molecule has 0 unspecified atom stereocenters. The largest absolute Gasteiger partial charge is 0.352 e. The summed E-state index contributed by atoms with van der Waals surface area (Å²) in [5.74, 6) is 0.262. The summed E-state index contributed by atoms with van der Waals surface area (Å²) in [5.41, 5.74) is 3.72. The van der Waals surface area contributed by atoms with Crippen molar-refractivity contribution < 1.29 is 13.2 Å². The molecule has 1 fully saturated rings. The third kappa shape index (κ3) is 5.62. The molecule has 1 heterocycles. The van der Waals surface area contributed by atoms with Crippen LogP contribution >= 0.6 is 0 Å². The number of aryl methyl sites for hydroxylation is 2. The van der Waals surface area contributed by atoms with Gasteiger partial charge in [0.05, 0.1) is 18.1 Å². The van der Waals surface area contributed by atoms with Gasteiger partial charge in [0.1, 0.15) is 0 Å². The van der Waals surface area contributed by atoms with E-state index in [4.69, 9.17) is 0 Å². The fourth-order valence-corrected chi connectivity index (χ4v) is 4.16. The van der Waals surface area contributed by atoms with E-state index in [1.807, 2.05) is 11.8 Å². The Morgan fingerprint density at radius 3 is 2.52 bits per heavy atom. The van der Waals surface area contributed by atoms with Crippen LogP contribution in [-0.2, 0) is 21.1 Å². The van der Waals surface area contributed by atoms with Crippen molar-refractivity contribution in [1.82, 2.24) is 10.2 Å². The molecule has 5 nitrogen and oxygen atoms in total. The zero-order valence-corrected chi connectivity index (χ0v) is 14.9. The van der Waals surface area contributed by atoms with Crippen LogP contribution in [0.2, 0.25) is 0 Å². The lowest BCUT2D eigenvalue weighted by molar-refractivity contribution is -0.122. The predicted molar refractivity (Wildman–Crippen MR) is 92.3 cm³/mol. The summed E-state index contributed by atoms with van der Waals surface area (Å²) in [5, 5.41) is 3.01. The SMILES string of the molecule is Cc1ccc(C[C@@H](C)NC(=O)CN2CCS(=O)(=O)CC2)c(C)c1. The maximum absolute atomic E-state index is 12.1. The van der Waals surface area contributed by atoms with Gasteiger partial charge in [-0.25, -0.2) is 8.42 Å². The molecular formula is C17H26N2O3S. The molecule has 1 aromatic carbocycles. The molecule has 1 atom stereocenters. The van der Waals surface area contributed by atoms with Crippen LogP contribution in [0.3, 0.4) is 0 Å². The average Bonchev–Trinajstić information content (AvgIpc) is 2.44. The topological polar surface area (TPSA) is 66.5 Å². The van der Waals surface area contributed by atoms with Crippen molar-refractivity contribution in [3.8, 4) is 0 Å². The Morgan fingerprint density at radius 2 is 1.91 bits per heavy atom. The predicted octanol–water partition coefficient (Wildman–Crippen LogP) is 1.08. The lowest BCUT2D eigenvalue weighted by atomic mass is 10.00. The van der Waals surface area contributed by atoms with Gasteiger partial charge >= 0.3 is 0 Å². The van der Waals surface area contributed by atoms with Gasteiger partial charge in [0.2, 0.25) is 5.91 Å². The van der Waals surface area contributed by atoms with E-state index in [2.05, 4.69) is 37.4 Å². The Bertz CT molecular complexity index is 656. The van der Waals surface area contributed by atoms with Crippen LogP contribution in [0, 0.1) is 13.8 Å². The van der Waals surface area contributed by atoms with Crippen LogP contribution in [-0.4, -0.2) is 56.4 Å². The van der Waals surface area contributed by atoms with Crippen LogP contribution in [0.25, 0.3) is 0 Å². The van der Waals surface area contributed by atoms with Gasteiger partial charge < -0.3 is 5.32 Å². The van der Waals surface area contributed by atoms with Crippen molar-refractivity contribution in [2.24, 2.45) is 0 Å².